The van der Waals surface area contributed by atoms with Crippen LogP contribution in [0.4, 0.5) is 0 Å². The van der Waals surface area contributed by atoms with Crippen LogP contribution in [0.1, 0.15) is 16.7 Å². The van der Waals surface area contributed by atoms with E-state index in [0.29, 0.717) is 0 Å². The number of hydrogen-bond donors (Lipinski definition) is 1. The molecule has 58 valence electrons. The van der Waals surface area contributed by atoms with Crippen molar-refractivity contribution in [2.24, 2.45) is 10.9 Å². The summed E-state index contributed by atoms with van der Waals surface area (Å²) in [5, 5.41) is 3.48. The number of hydrazone groups is 1. The number of aryl methyl sites for hydroxylation is 1. The van der Waals surface area contributed by atoms with Crippen LogP contribution in [0.2, 0.25) is 0 Å². The van der Waals surface area contributed by atoms with Crippen LogP contribution in [0.15, 0.2) is 23.3 Å². The molecule has 1 rings (SSSR count). The molecule has 0 unspecified atom stereocenters. The Hall–Kier alpha value is -1.31. The maximum Gasteiger partial charge on any atom is 0.0540 e. The quantitative estimate of drug-likeness (QED) is 0.366. The highest BCUT2D eigenvalue weighted by Gasteiger charge is 1.95. The van der Waals surface area contributed by atoms with Crippen molar-refractivity contribution in [2.45, 2.75) is 13.8 Å². The molecule has 0 aromatic heterocycles. The monoisotopic (exact) mass is 148 g/mol. The van der Waals surface area contributed by atoms with Crippen molar-refractivity contribution >= 4 is 6.21 Å². The van der Waals surface area contributed by atoms with Gasteiger partial charge in [-0.1, -0.05) is 18.2 Å². The molecule has 0 bridgehead atoms. The van der Waals surface area contributed by atoms with E-state index in [2.05, 4.69) is 25.0 Å². The van der Waals surface area contributed by atoms with Gasteiger partial charge < -0.3 is 5.84 Å². The minimum atomic E-state index is 1.09. The van der Waals surface area contributed by atoms with Gasteiger partial charge in [0.25, 0.3) is 0 Å². The second kappa shape index (κ2) is 3.19. The van der Waals surface area contributed by atoms with E-state index in [1.165, 1.54) is 11.1 Å². The molecule has 0 spiro atoms. The number of rotatable bonds is 1. The van der Waals surface area contributed by atoms with Crippen LogP contribution in [0.5, 0.6) is 0 Å². The first-order valence-corrected chi connectivity index (χ1v) is 3.55. The van der Waals surface area contributed by atoms with Crippen molar-refractivity contribution in [1.29, 1.82) is 0 Å². The SMILES string of the molecule is Cc1cccc(/C=N/N)c1C. The molecule has 0 radical (unpaired) electrons. The Bertz CT molecular complexity index is 277. The fourth-order valence-corrected chi connectivity index (χ4v) is 0.994. The van der Waals surface area contributed by atoms with Gasteiger partial charge in [0.2, 0.25) is 0 Å². The van der Waals surface area contributed by atoms with Crippen LogP contribution in [0.25, 0.3) is 0 Å². The fourth-order valence-electron chi connectivity index (χ4n) is 0.994. The van der Waals surface area contributed by atoms with Gasteiger partial charge in [0, 0.05) is 0 Å². The maximum absolute atomic E-state index is 5.05. The topological polar surface area (TPSA) is 38.4 Å². The molecule has 11 heavy (non-hydrogen) atoms. The van der Waals surface area contributed by atoms with Gasteiger partial charge in [-0.2, -0.15) is 5.10 Å². The molecule has 2 nitrogen and oxygen atoms in total. The van der Waals surface area contributed by atoms with Crippen molar-refractivity contribution in [3.05, 3.63) is 34.9 Å². The lowest BCUT2D eigenvalue weighted by molar-refractivity contribution is 1.25. The van der Waals surface area contributed by atoms with Gasteiger partial charge in [0.15, 0.2) is 0 Å². The lowest BCUT2D eigenvalue weighted by atomic mass is 10.0. The smallest absolute Gasteiger partial charge is 0.0540 e. The zero-order valence-electron chi connectivity index (χ0n) is 6.83. The second-order valence-corrected chi connectivity index (χ2v) is 2.57. The molecular weight excluding hydrogens is 136 g/mol. The highest BCUT2D eigenvalue weighted by Crippen LogP contribution is 2.09. The van der Waals surface area contributed by atoms with Crippen molar-refractivity contribution in [2.75, 3.05) is 0 Å². The van der Waals surface area contributed by atoms with E-state index in [4.69, 9.17) is 5.84 Å². The molecule has 0 aliphatic heterocycles. The Morgan fingerprint density at radius 3 is 2.73 bits per heavy atom. The van der Waals surface area contributed by atoms with Gasteiger partial charge in [-0.3, -0.25) is 0 Å². The van der Waals surface area contributed by atoms with Gasteiger partial charge in [-0.25, -0.2) is 0 Å². The van der Waals surface area contributed by atoms with E-state index in [1.807, 2.05) is 12.1 Å². The average molecular weight is 148 g/mol. The molecular formula is C9H12N2. The molecule has 0 heterocycles. The third kappa shape index (κ3) is 1.58. The standard InChI is InChI=1S/C9H12N2/c1-7-4-3-5-9(6-11-10)8(7)2/h3-6H,10H2,1-2H3/b11-6+. The number of nitrogens with zero attached hydrogens (tertiary/aromatic N) is 1. The molecule has 0 atom stereocenters. The van der Waals surface area contributed by atoms with Gasteiger partial charge in [0.1, 0.15) is 0 Å². The van der Waals surface area contributed by atoms with Gasteiger partial charge in [0.05, 0.1) is 6.21 Å². The fraction of sp³-hybridized carbons (Fsp3) is 0.222. The summed E-state index contributed by atoms with van der Waals surface area (Å²) in [5.74, 6) is 5.05. The number of hydrogen-bond acceptors (Lipinski definition) is 2. The van der Waals surface area contributed by atoms with Crippen molar-refractivity contribution in [3.8, 4) is 0 Å². The molecule has 0 amide bonds. The summed E-state index contributed by atoms with van der Waals surface area (Å²) in [6.45, 7) is 4.13. The number of benzene rings is 1. The molecule has 2 heteroatoms. The van der Waals surface area contributed by atoms with Crippen LogP contribution in [0.3, 0.4) is 0 Å². The Labute approximate surface area is 66.7 Å². The highest BCUT2D eigenvalue weighted by molar-refractivity contribution is 5.81. The number of nitrogens with two attached hydrogens (primary N) is 1. The van der Waals surface area contributed by atoms with Crippen molar-refractivity contribution < 1.29 is 0 Å². The molecule has 1 aromatic carbocycles. The summed E-state index contributed by atoms with van der Waals surface area (Å²) >= 11 is 0. The average Bonchev–Trinajstić information content (AvgIpc) is 1.99. The predicted octanol–water partition coefficient (Wildman–Crippen LogP) is 1.60. The molecule has 1 aromatic rings. The van der Waals surface area contributed by atoms with Crippen LogP contribution in [-0.4, -0.2) is 6.21 Å². The Kier molecular flexibility index (Phi) is 2.26. The first-order valence-electron chi connectivity index (χ1n) is 3.55. The summed E-state index contributed by atoms with van der Waals surface area (Å²) in [5.41, 5.74) is 3.59. The predicted molar refractivity (Wildman–Crippen MR) is 47.7 cm³/mol. The van der Waals surface area contributed by atoms with Crippen molar-refractivity contribution in [3.63, 3.8) is 0 Å². The van der Waals surface area contributed by atoms with Gasteiger partial charge in [-0.15, -0.1) is 0 Å². The minimum Gasteiger partial charge on any atom is -0.323 e. The van der Waals surface area contributed by atoms with E-state index in [9.17, 15) is 0 Å². The summed E-state index contributed by atoms with van der Waals surface area (Å²) < 4.78 is 0. The zero-order valence-corrected chi connectivity index (χ0v) is 6.83. The third-order valence-electron chi connectivity index (χ3n) is 1.86. The van der Waals surface area contributed by atoms with E-state index in [-0.39, 0.29) is 0 Å². The second-order valence-electron chi connectivity index (χ2n) is 2.57. The van der Waals surface area contributed by atoms with E-state index >= 15 is 0 Å². The Morgan fingerprint density at radius 2 is 2.09 bits per heavy atom. The van der Waals surface area contributed by atoms with Gasteiger partial charge >= 0.3 is 0 Å². The van der Waals surface area contributed by atoms with Crippen LogP contribution < -0.4 is 5.84 Å². The highest BCUT2D eigenvalue weighted by atomic mass is 15.1. The molecule has 0 fully saturated rings. The Balaban J connectivity index is 3.16. The van der Waals surface area contributed by atoms with E-state index in [0.717, 1.165) is 5.56 Å². The molecule has 0 aliphatic rings. The Morgan fingerprint density at radius 1 is 1.36 bits per heavy atom. The van der Waals surface area contributed by atoms with Crippen LogP contribution >= 0.6 is 0 Å². The van der Waals surface area contributed by atoms with Crippen molar-refractivity contribution in [1.82, 2.24) is 0 Å². The molecule has 0 saturated heterocycles. The molecule has 2 N–H and O–H groups in total. The summed E-state index contributed by atoms with van der Waals surface area (Å²) in [7, 11) is 0. The first kappa shape index (κ1) is 7.79. The van der Waals surface area contributed by atoms with E-state index < -0.39 is 0 Å². The largest absolute Gasteiger partial charge is 0.323 e. The first-order chi connectivity index (χ1) is 5.25. The molecule has 0 saturated carbocycles. The van der Waals surface area contributed by atoms with Crippen LogP contribution in [0, 0.1) is 13.8 Å². The normalized spacial score (nSPS) is 10.7. The van der Waals surface area contributed by atoms with E-state index in [1.54, 1.807) is 6.21 Å². The summed E-state index contributed by atoms with van der Waals surface area (Å²) in [6, 6.07) is 6.07. The van der Waals surface area contributed by atoms with Gasteiger partial charge in [-0.05, 0) is 30.5 Å². The lowest BCUT2D eigenvalue weighted by Crippen LogP contribution is -1.92. The third-order valence-corrected chi connectivity index (χ3v) is 1.86. The lowest BCUT2D eigenvalue weighted by Gasteiger charge is -2.01. The zero-order chi connectivity index (χ0) is 8.27. The van der Waals surface area contributed by atoms with Crippen LogP contribution in [-0.2, 0) is 0 Å². The summed E-state index contributed by atoms with van der Waals surface area (Å²) in [4.78, 5) is 0. The minimum absolute atomic E-state index is 1.09. The summed E-state index contributed by atoms with van der Waals surface area (Å²) in [6.07, 6.45) is 1.67. The molecule has 0 aliphatic carbocycles. The maximum atomic E-state index is 5.05.